The van der Waals surface area contributed by atoms with Gasteiger partial charge in [0.05, 0.1) is 0 Å². The number of hydrogen-bond acceptors (Lipinski definition) is 2. The van der Waals surface area contributed by atoms with Gasteiger partial charge in [0.25, 0.3) is 0 Å². The van der Waals surface area contributed by atoms with Crippen molar-refractivity contribution in [2.45, 2.75) is 82.1 Å². The maximum absolute atomic E-state index is 11.0. The van der Waals surface area contributed by atoms with E-state index in [1.807, 2.05) is 0 Å². The van der Waals surface area contributed by atoms with Gasteiger partial charge in [-0.25, -0.2) is 0 Å². The fraction of sp³-hybridized carbons (Fsp3) is 0.900. The van der Waals surface area contributed by atoms with Crippen molar-refractivity contribution in [2.24, 2.45) is 22.7 Å². The lowest BCUT2D eigenvalue weighted by Crippen LogP contribution is -2.33. The lowest BCUT2D eigenvalue weighted by molar-refractivity contribution is -0.120. The Morgan fingerprint density at radius 1 is 0.792 bits per heavy atom. The summed E-state index contributed by atoms with van der Waals surface area (Å²) in [6.45, 7) is 18.3. The highest BCUT2D eigenvalue weighted by atomic mass is 16.2. The van der Waals surface area contributed by atoms with Crippen molar-refractivity contribution >= 4 is 11.8 Å². The Kier molecular flexibility index (Phi) is 11.3. The normalized spacial score (nSPS) is 14.3. The first-order valence-corrected chi connectivity index (χ1v) is 8.82. The van der Waals surface area contributed by atoms with Crippen LogP contribution in [0.2, 0.25) is 0 Å². The molecule has 0 aromatic carbocycles. The van der Waals surface area contributed by atoms with E-state index in [4.69, 9.17) is 0 Å². The molecule has 2 unspecified atom stereocenters. The third-order valence-corrected chi connectivity index (χ3v) is 4.16. The van der Waals surface area contributed by atoms with Crippen LogP contribution in [0, 0.1) is 22.7 Å². The monoisotopic (exact) mass is 342 g/mol. The highest BCUT2D eigenvalue weighted by Crippen LogP contribution is 2.41. The van der Waals surface area contributed by atoms with Gasteiger partial charge in [0.15, 0.2) is 0 Å². The molecule has 0 spiro atoms. The summed E-state index contributed by atoms with van der Waals surface area (Å²) in [4.78, 5) is 22.1. The van der Waals surface area contributed by atoms with E-state index in [0.717, 1.165) is 32.4 Å². The van der Waals surface area contributed by atoms with Gasteiger partial charge in [0, 0.05) is 26.9 Å². The fourth-order valence-corrected chi connectivity index (χ4v) is 4.11. The molecule has 0 saturated carbocycles. The van der Waals surface area contributed by atoms with Gasteiger partial charge in [-0.3, -0.25) is 9.59 Å². The molecule has 0 aliphatic carbocycles. The van der Waals surface area contributed by atoms with Crippen molar-refractivity contribution in [1.82, 2.24) is 10.6 Å². The van der Waals surface area contributed by atoms with E-state index in [9.17, 15) is 9.59 Å². The van der Waals surface area contributed by atoms with E-state index in [1.54, 1.807) is 13.8 Å². The number of nitrogens with one attached hydrogen (secondary N) is 2. The van der Waals surface area contributed by atoms with Crippen LogP contribution in [0.25, 0.3) is 0 Å². The highest BCUT2D eigenvalue weighted by Gasteiger charge is 2.31. The Morgan fingerprint density at radius 3 is 1.33 bits per heavy atom. The van der Waals surface area contributed by atoms with Crippen LogP contribution in [0.15, 0.2) is 0 Å². The zero-order chi connectivity index (χ0) is 18.3. The van der Waals surface area contributed by atoms with Crippen LogP contribution >= 0.6 is 0 Å². The molecule has 4 nitrogen and oxygen atoms in total. The number of carbonyl (C=O) groups is 2. The zero-order valence-corrected chi connectivity index (χ0v) is 16.5. The Morgan fingerprint density at radius 2 is 1.08 bits per heavy atom. The molecule has 24 heavy (non-hydrogen) atoms. The molecule has 0 radical (unpaired) electrons. The van der Waals surface area contributed by atoms with E-state index in [0.29, 0.717) is 11.8 Å². The van der Waals surface area contributed by atoms with Crippen molar-refractivity contribution in [2.75, 3.05) is 13.1 Å². The Hall–Kier alpha value is -1.06. The molecule has 0 fully saturated rings. The number of rotatable bonds is 10. The van der Waals surface area contributed by atoms with Crippen LogP contribution in [-0.4, -0.2) is 24.9 Å². The summed E-state index contributed by atoms with van der Waals surface area (Å²) in [7, 11) is 0. The predicted molar refractivity (Wildman–Crippen MR) is 104 cm³/mol. The van der Waals surface area contributed by atoms with E-state index in [2.05, 4.69) is 52.2 Å². The fourth-order valence-electron chi connectivity index (χ4n) is 4.11. The standard InChI is InChI=1S/C19H38N2O2.CH4/c1-14(11-20-16(3)22)9-18(5,6)13-19(7,8)10-15(2)12-21-17(4)23;/h14-15H,9-13H2,1-8H3,(H,20,22)(H,21,23);1H4. The molecule has 0 aliphatic heterocycles. The van der Waals surface area contributed by atoms with E-state index < -0.39 is 0 Å². The summed E-state index contributed by atoms with van der Waals surface area (Å²) in [5.41, 5.74) is 0.463. The second-order valence-corrected chi connectivity index (χ2v) is 9.00. The van der Waals surface area contributed by atoms with E-state index in [-0.39, 0.29) is 30.1 Å². The van der Waals surface area contributed by atoms with Crippen molar-refractivity contribution < 1.29 is 9.59 Å². The average molecular weight is 343 g/mol. The Balaban J connectivity index is 0. The topological polar surface area (TPSA) is 58.2 Å². The van der Waals surface area contributed by atoms with Gasteiger partial charge >= 0.3 is 0 Å². The van der Waals surface area contributed by atoms with Gasteiger partial charge in [-0.05, 0) is 41.9 Å². The quantitative estimate of drug-likeness (QED) is 0.618. The van der Waals surface area contributed by atoms with Crippen molar-refractivity contribution in [1.29, 1.82) is 0 Å². The summed E-state index contributed by atoms with van der Waals surface area (Å²) in [6.07, 6.45) is 3.32. The largest absolute Gasteiger partial charge is 0.356 e. The molecule has 0 saturated heterocycles. The zero-order valence-electron chi connectivity index (χ0n) is 16.5. The second kappa shape index (κ2) is 10.7. The maximum atomic E-state index is 11.0. The molecule has 0 aliphatic rings. The van der Waals surface area contributed by atoms with Crippen molar-refractivity contribution in [3.8, 4) is 0 Å². The number of amides is 2. The summed E-state index contributed by atoms with van der Waals surface area (Å²) in [5, 5.41) is 5.82. The van der Waals surface area contributed by atoms with Gasteiger partial charge in [-0.15, -0.1) is 0 Å². The molecule has 0 heterocycles. The Labute approximate surface area is 150 Å². The average Bonchev–Trinajstić information content (AvgIpc) is 2.31. The van der Waals surface area contributed by atoms with Crippen LogP contribution in [0.4, 0.5) is 0 Å². The third-order valence-electron chi connectivity index (χ3n) is 4.16. The summed E-state index contributed by atoms with van der Waals surface area (Å²) in [5.74, 6) is 1.03. The summed E-state index contributed by atoms with van der Waals surface area (Å²) in [6, 6.07) is 0. The maximum Gasteiger partial charge on any atom is 0.216 e. The molecular weight excluding hydrogens is 300 g/mol. The molecule has 0 aromatic rings. The van der Waals surface area contributed by atoms with Crippen LogP contribution < -0.4 is 10.6 Å². The summed E-state index contributed by atoms with van der Waals surface area (Å²) < 4.78 is 0. The second-order valence-electron chi connectivity index (χ2n) is 9.00. The first-order chi connectivity index (χ1) is 10.3. The Bertz CT molecular complexity index is 353. The van der Waals surface area contributed by atoms with Crippen LogP contribution in [-0.2, 0) is 9.59 Å². The number of hydrogen-bond donors (Lipinski definition) is 2. The van der Waals surface area contributed by atoms with Gasteiger partial charge in [0.1, 0.15) is 0 Å². The van der Waals surface area contributed by atoms with Crippen molar-refractivity contribution in [3.05, 3.63) is 0 Å². The third kappa shape index (κ3) is 13.4. The van der Waals surface area contributed by atoms with E-state index >= 15 is 0 Å². The molecule has 2 N–H and O–H groups in total. The highest BCUT2D eigenvalue weighted by molar-refractivity contribution is 5.73. The summed E-state index contributed by atoms with van der Waals surface area (Å²) >= 11 is 0. The van der Waals surface area contributed by atoms with E-state index in [1.165, 1.54) is 0 Å². The minimum absolute atomic E-state index is 0. The molecule has 2 amide bonds. The van der Waals surface area contributed by atoms with Gasteiger partial charge in [-0.1, -0.05) is 49.0 Å². The SMILES string of the molecule is C.CC(=O)NCC(C)CC(C)(C)CC(C)(C)CC(C)CNC(C)=O. The minimum atomic E-state index is 0. The van der Waals surface area contributed by atoms with Gasteiger partial charge in [0.2, 0.25) is 11.8 Å². The first kappa shape index (κ1) is 25.2. The predicted octanol–water partition coefficient (Wildman–Crippen LogP) is 4.39. The minimum Gasteiger partial charge on any atom is -0.356 e. The molecule has 2 atom stereocenters. The molecule has 0 aromatic heterocycles. The van der Waals surface area contributed by atoms with Crippen molar-refractivity contribution in [3.63, 3.8) is 0 Å². The van der Waals surface area contributed by atoms with Crippen LogP contribution in [0.1, 0.15) is 82.1 Å². The molecule has 0 bridgehead atoms. The molecule has 0 rings (SSSR count). The van der Waals surface area contributed by atoms with Gasteiger partial charge in [-0.2, -0.15) is 0 Å². The smallest absolute Gasteiger partial charge is 0.216 e. The van der Waals surface area contributed by atoms with Crippen LogP contribution in [0.3, 0.4) is 0 Å². The molecule has 4 heteroatoms. The molecule has 144 valence electrons. The molecular formula is C20H42N2O2. The first-order valence-electron chi connectivity index (χ1n) is 8.82. The number of carbonyl (C=O) groups excluding carboxylic acids is 2. The lowest BCUT2D eigenvalue weighted by atomic mass is 9.68. The van der Waals surface area contributed by atoms with Gasteiger partial charge < -0.3 is 10.6 Å². The van der Waals surface area contributed by atoms with Crippen LogP contribution in [0.5, 0.6) is 0 Å². The lowest BCUT2D eigenvalue weighted by Gasteiger charge is -2.38.